The number of benzene rings is 1. The van der Waals surface area contributed by atoms with Gasteiger partial charge in [0, 0.05) is 53.2 Å². The fraction of sp³-hybridized carbons (Fsp3) is 0.294. The van der Waals surface area contributed by atoms with E-state index in [1.165, 1.54) is 0 Å². The van der Waals surface area contributed by atoms with E-state index < -0.39 is 5.54 Å². The summed E-state index contributed by atoms with van der Waals surface area (Å²) in [5.41, 5.74) is 7.87. The second kappa shape index (κ2) is 6.66. The van der Waals surface area contributed by atoms with Gasteiger partial charge in [-0.25, -0.2) is 0 Å². The van der Waals surface area contributed by atoms with Crippen molar-refractivity contribution < 1.29 is 0 Å². The van der Waals surface area contributed by atoms with Crippen LogP contribution in [0.15, 0.2) is 48.9 Å². The van der Waals surface area contributed by atoms with Crippen molar-refractivity contribution in [2.75, 3.05) is 6.54 Å². The number of nitrogens with two attached hydrogens (primary N) is 1. The molecular weight excluding hydrogens is 310 g/mol. The van der Waals surface area contributed by atoms with Crippen molar-refractivity contribution in [3.8, 4) is 0 Å². The van der Waals surface area contributed by atoms with Crippen LogP contribution in [0.3, 0.4) is 0 Å². The minimum absolute atomic E-state index is 0.406. The summed E-state index contributed by atoms with van der Waals surface area (Å²) in [6, 6.07) is 9.75. The van der Waals surface area contributed by atoms with Gasteiger partial charge in [0.05, 0.1) is 12.1 Å². The van der Waals surface area contributed by atoms with E-state index in [9.17, 15) is 0 Å². The number of fused-ring (bicyclic) bond motifs is 1. The smallest absolute Gasteiger partial charge is 0.0761 e. The number of pyridine rings is 1. The van der Waals surface area contributed by atoms with Crippen molar-refractivity contribution in [3.05, 3.63) is 59.5 Å². The van der Waals surface area contributed by atoms with Crippen LogP contribution in [0.1, 0.15) is 12.5 Å². The van der Waals surface area contributed by atoms with Crippen LogP contribution in [0.5, 0.6) is 0 Å². The number of hydrogen-bond acceptors (Lipinski definition) is 4. The summed E-state index contributed by atoms with van der Waals surface area (Å²) in [5, 5.41) is 9.40. The monoisotopic (exact) mass is 329 g/mol. The zero-order valence-corrected chi connectivity index (χ0v) is 13.8. The average Bonchev–Trinajstić information content (AvgIpc) is 3.01. The number of nitrogens with zero attached hydrogens (tertiary/aromatic N) is 3. The SMILES string of the molecule is CC(N)(CNCc1c(Cl)ccc2cccnc12)Cn1cccn1. The molecule has 3 aromatic rings. The quantitative estimate of drug-likeness (QED) is 0.729. The first-order chi connectivity index (χ1) is 11.1. The van der Waals surface area contributed by atoms with E-state index in [1.54, 1.807) is 12.4 Å². The van der Waals surface area contributed by atoms with E-state index in [4.69, 9.17) is 17.3 Å². The molecule has 0 bridgehead atoms. The van der Waals surface area contributed by atoms with Crippen molar-refractivity contribution in [2.24, 2.45) is 5.73 Å². The molecule has 0 spiro atoms. The molecule has 0 radical (unpaired) electrons. The first-order valence-corrected chi connectivity index (χ1v) is 7.92. The lowest BCUT2D eigenvalue weighted by atomic mass is 10.0. The highest BCUT2D eigenvalue weighted by molar-refractivity contribution is 6.32. The molecule has 0 fully saturated rings. The normalized spacial score (nSPS) is 14.0. The van der Waals surface area contributed by atoms with Crippen LogP contribution >= 0.6 is 11.6 Å². The largest absolute Gasteiger partial charge is 0.323 e. The van der Waals surface area contributed by atoms with Gasteiger partial charge in [0.2, 0.25) is 0 Å². The zero-order chi connectivity index (χ0) is 16.3. The summed E-state index contributed by atoms with van der Waals surface area (Å²) >= 11 is 6.34. The molecule has 1 unspecified atom stereocenters. The van der Waals surface area contributed by atoms with Gasteiger partial charge < -0.3 is 11.1 Å². The van der Waals surface area contributed by atoms with Crippen LogP contribution < -0.4 is 11.1 Å². The highest BCUT2D eigenvalue weighted by Crippen LogP contribution is 2.24. The van der Waals surface area contributed by atoms with Crippen LogP contribution in [0, 0.1) is 0 Å². The molecule has 120 valence electrons. The van der Waals surface area contributed by atoms with Crippen molar-refractivity contribution in [2.45, 2.75) is 25.6 Å². The Balaban J connectivity index is 1.68. The molecule has 6 heteroatoms. The van der Waals surface area contributed by atoms with Crippen LogP contribution in [0.4, 0.5) is 0 Å². The second-order valence-corrected chi connectivity index (χ2v) is 6.47. The van der Waals surface area contributed by atoms with Crippen LogP contribution in [0.25, 0.3) is 10.9 Å². The lowest BCUT2D eigenvalue weighted by Crippen LogP contribution is -2.49. The van der Waals surface area contributed by atoms with Gasteiger partial charge in [-0.2, -0.15) is 5.10 Å². The molecule has 2 heterocycles. The fourth-order valence-corrected chi connectivity index (χ4v) is 2.86. The van der Waals surface area contributed by atoms with Crippen molar-refractivity contribution in [1.29, 1.82) is 0 Å². The van der Waals surface area contributed by atoms with Gasteiger partial charge in [0.25, 0.3) is 0 Å². The topological polar surface area (TPSA) is 68.8 Å². The van der Waals surface area contributed by atoms with Gasteiger partial charge in [-0.1, -0.05) is 23.7 Å². The van der Waals surface area contributed by atoms with E-state index in [0.29, 0.717) is 19.6 Å². The van der Waals surface area contributed by atoms with Crippen molar-refractivity contribution in [1.82, 2.24) is 20.1 Å². The van der Waals surface area contributed by atoms with Gasteiger partial charge in [-0.05, 0) is 25.1 Å². The second-order valence-electron chi connectivity index (χ2n) is 6.06. The molecule has 5 nitrogen and oxygen atoms in total. The minimum atomic E-state index is -0.406. The lowest BCUT2D eigenvalue weighted by molar-refractivity contribution is 0.355. The fourth-order valence-electron chi connectivity index (χ4n) is 2.64. The number of aromatic nitrogens is 3. The lowest BCUT2D eigenvalue weighted by Gasteiger charge is -2.25. The summed E-state index contributed by atoms with van der Waals surface area (Å²) in [4.78, 5) is 4.45. The van der Waals surface area contributed by atoms with Crippen LogP contribution in [-0.4, -0.2) is 26.8 Å². The first kappa shape index (κ1) is 15.9. The molecule has 0 aliphatic rings. The van der Waals surface area contributed by atoms with E-state index in [1.807, 2.05) is 48.1 Å². The third-order valence-corrected chi connectivity index (χ3v) is 4.09. The zero-order valence-electron chi connectivity index (χ0n) is 13.0. The molecular formula is C17H20ClN5. The van der Waals surface area contributed by atoms with Crippen LogP contribution in [-0.2, 0) is 13.1 Å². The van der Waals surface area contributed by atoms with E-state index in [2.05, 4.69) is 15.4 Å². The Labute approximate surface area is 140 Å². The Hall–Kier alpha value is -1.95. The molecule has 3 rings (SSSR count). The maximum absolute atomic E-state index is 6.35. The van der Waals surface area contributed by atoms with Crippen molar-refractivity contribution in [3.63, 3.8) is 0 Å². The standard InChI is InChI=1S/C17H20ClN5/c1-17(19,12-23-9-3-8-22-23)11-20-10-14-15(18)6-5-13-4-2-7-21-16(13)14/h2-9,20H,10-12,19H2,1H3. The summed E-state index contributed by atoms with van der Waals surface area (Å²) in [7, 11) is 0. The number of halogens is 1. The predicted octanol–water partition coefficient (Wildman–Crippen LogP) is 2.59. The van der Waals surface area contributed by atoms with Gasteiger partial charge in [-0.3, -0.25) is 9.67 Å². The Morgan fingerprint density at radius 1 is 1.26 bits per heavy atom. The maximum atomic E-state index is 6.35. The Morgan fingerprint density at radius 3 is 2.91 bits per heavy atom. The highest BCUT2D eigenvalue weighted by Gasteiger charge is 2.19. The molecule has 0 aliphatic heterocycles. The number of hydrogen-bond donors (Lipinski definition) is 2. The molecule has 1 atom stereocenters. The third kappa shape index (κ3) is 3.88. The van der Waals surface area contributed by atoms with Gasteiger partial charge >= 0.3 is 0 Å². The first-order valence-electron chi connectivity index (χ1n) is 7.54. The molecule has 0 aliphatic carbocycles. The number of nitrogens with one attached hydrogen (secondary N) is 1. The molecule has 0 amide bonds. The summed E-state index contributed by atoms with van der Waals surface area (Å²) in [5.74, 6) is 0. The summed E-state index contributed by atoms with van der Waals surface area (Å²) in [6.45, 7) is 3.92. The Morgan fingerprint density at radius 2 is 2.13 bits per heavy atom. The molecule has 0 saturated carbocycles. The molecule has 1 aromatic carbocycles. The van der Waals surface area contributed by atoms with Gasteiger partial charge in [0.15, 0.2) is 0 Å². The molecule has 23 heavy (non-hydrogen) atoms. The molecule has 3 N–H and O–H groups in total. The van der Waals surface area contributed by atoms with Crippen molar-refractivity contribution >= 4 is 22.5 Å². The van der Waals surface area contributed by atoms with Gasteiger partial charge in [0.1, 0.15) is 0 Å². The average molecular weight is 330 g/mol. The van der Waals surface area contributed by atoms with Crippen LogP contribution in [0.2, 0.25) is 5.02 Å². The Kier molecular flexibility index (Phi) is 4.61. The predicted molar refractivity (Wildman–Crippen MR) is 93.3 cm³/mol. The minimum Gasteiger partial charge on any atom is -0.323 e. The highest BCUT2D eigenvalue weighted by atomic mass is 35.5. The summed E-state index contributed by atoms with van der Waals surface area (Å²) < 4.78 is 1.84. The molecule has 2 aromatic heterocycles. The van der Waals surface area contributed by atoms with E-state index in [0.717, 1.165) is 21.5 Å². The van der Waals surface area contributed by atoms with Gasteiger partial charge in [-0.15, -0.1) is 0 Å². The van der Waals surface area contributed by atoms with E-state index in [-0.39, 0.29) is 0 Å². The molecule has 0 saturated heterocycles. The van der Waals surface area contributed by atoms with E-state index >= 15 is 0 Å². The Bertz CT molecular complexity index is 783. The number of rotatable bonds is 6. The summed E-state index contributed by atoms with van der Waals surface area (Å²) in [6.07, 6.45) is 5.45. The third-order valence-electron chi connectivity index (χ3n) is 3.74. The maximum Gasteiger partial charge on any atom is 0.0761 e.